The highest BCUT2D eigenvalue weighted by Crippen LogP contribution is 2.46. The first-order valence-corrected chi connectivity index (χ1v) is 8.72. The van der Waals surface area contributed by atoms with Crippen molar-refractivity contribution >= 4 is 5.91 Å². The van der Waals surface area contributed by atoms with Crippen LogP contribution < -0.4 is 10.1 Å². The lowest BCUT2D eigenvalue weighted by Crippen LogP contribution is -2.55. The molecule has 1 saturated carbocycles. The first-order valence-electron chi connectivity index (χ1n) is 8.72. The van der Waals surface area contributed by atoms with E-state index in [2.05, 4.69) is 28.4 Å². The van der Waals surface area contributed by atoms with Crippen LogP contribution in [0.5, 0.6) is 5.75 Å². The Kier molecular flexibility index (Phi) is 4.62. The number of benzene rings is 1. The van der Waals surface area contributed by atoms with E-state index < -0.39 is 0 Å². The van der Waals surface area contributed by atoms with E-state index in [1.807, 2.05) is 14.0 Å². The van der Waals surface area contributed by atoms with E-state index in [0.29, 0.717) is 11.9 Å². The molecular formula is C19H28N2O2. The summed E-state index contributed by atoms with van der Waals surface area (Å²) < 4.78 is 5.47. The molecule has 1 aliphatic heterocycles. The number of hydrogen-bond donors (Lipinski definition) is 1. The average molecular weight is 316 g/mol. The molecule has 2 aliphatic rings. The lowest BCUT2D eigenvalue weighted by Gasteiger charge is -2.46. The number of nitrogens with zero attached hydrogens (tertiary/aromatic N) is 1. The van der Waals surface area contributed by atoms with Crippen molar-refractivity contribution in [1.82, 2.24) is 10.2 Å². The SMILES string of the molecule is CNC1CCCN(C(=O)C2(c3ccc(C)c(OC)c3)CCC2)C1. The largest absolute Gasteiger partial charge is 0.496 e. The number of likely N-dealkylation sites (tertiary alicyclic amines) is 1. The van der Waals surface area contributed by atoms with Crippen LogP contribution >= 0.6 is 0 Å². The van der Waals surface area contributed by atoms with Crippen LogP contribution in [0.4, 0.5) is 0 Å². The molecule has 0 radical (unpaired) electrons. The molecule has 2 fully saturated rings. The van der Waals surface area contributed by atoms with Crippen molar-refractivity contribution in [2.75, 3.05) is 27.2 Å². The third-order valence-corrected chi connectivity index (χ3v) is 5.69. The molecule has 1 N–H and O–H groups in total. The van der Waals surface area contributed by atoms with Gasteiger partial charge in [-0.15, -0.1) is 0 Å². The van der Waals surface area contributed by atoms with Crippen LogP contribution in [0.15, 0.2) is 18.2 Å². The molecule has 4 heteroatoms. The Hall–Kier alpha value is -1.55. The number of carbonyl (C=O) groups is 1. The summed E-state index contributed by atoms with van der Waals surface area (Å²) in [6.45, 7) is 3.77. The van der Waals surface area contributed by atoms with Crippen molar-refractivity contribution in [2.24, 2.45) is 0 Å². The van der Waals surface area contributed by atoms with Crippen LogP contribution in [0.2, 0.25) is 0 Å². The molecule has 4 nitrogen and oxygen atoms in total. The van der Waals surface area contributed by atoms with Gasteiger partial charge in [-0.25, -0.2) is 0 Å². The second kappa shape index (κ2) is 6.52. The lowest BCUT2D eigenvalue weighted by molar-refractivity contribution is -0.142. The summed E-state index contributed by atoms with van der Waals surface area (Å²) in [5.74, 6) is 1.20. The van der Waals surface area contributed by atoms with E-state index in [9.17, 15) is 4.79 Å². The Morgan fingerprint density at radius 3 is 2.74 bits per heavy atom. The summed E-state index contributed by atoms with van der Waals surface area (Å²) in [6.07, 6.45) is 5.29. The fourth-order valence-electron chi connectivity index (χ4n) is 3.97. The van der Waals surface area contributed by atoms with Crippen molar-refractivity contribution in [3.8, 4) is 5.75 Å². The van der Waals surface area contributed by atoms with Gasteiger partial charge >= 0.3 is 0 Å². The molecule has 23 heavy (non-hydrogen) atoms. The number of methoxy groups -OCH3 is 1. The summed E-state index contributed by atoms with van der Waals surface area (Å²) >= 11 is 0. The topological polar surface area (TPSA) is 41.6 Å². The van der Waals surface area contributed by atoms with Crippen molar-refractivity contribution < 1.29 is 9.53 Å². The van der Waals surface area contributed by atoms with E-state index in [0.717, 1.165) is 62.1 Å². The van der Waals surface area contributed by atoms with E-state index in [4.69, 9.17) is 4.74 Å². The maximum Gasteiger partial charge on any atom is 0.233 e. The highest BCUT2D eigenvalue weighted by atomic mass is 16.5. The minimum absolute atomic E-state index is 0.314. The smallest absolute Gasteiger partial charge is 0.233 e. The Balaban J connectivity index is 1.87. The fourth-order valence-corrected chi connectivity index (χ4v) is 3.97. The molecule has 126 valence electrons. The minimum Gasteiger partial charge on any atom is -0.496 e. The van der Waals surface area contributed by atoms with Crippen molar-refractivity contribution in [3.63, 3.8) is 0 Å². The molecule has 1 aromatic carbocycles. The predicted molar refractivity (Wildman–Crippen MR) is 91.9 cm³/mol. The van der Waals surface area contributed by atoms with Crippen molar-refractivity contribution in [1.29, 1.82) is 0 Å². The van der Waals surface area contributed by atoms with E-state index in [-0.39, 0.29) is 5.41 Å². The lowest BCUT2D eigenvalue weighted by atomic mass is 9.63. The molecule has 0 spiro atoms. The van der Waals surface area contributed by atoms with Crippen LogP contribution in [0.25, 0.3) is 0 Å². The van der Waals surface area contributed by atoms with Crippen LogP contribution in [0.1, 0.15) is 43.2 Å². The van der Waals surface area contributed by atoms with Crippen molar-refractivity contribution in [2.45, 2.75) is 50.5 Å². The van der Waals surface area contributed by atoms with Gasteiger partial charge in [-0.2, -0.15) is 0 Å². The van der Waals surface area contributed by atoms with Gasteiger partial charge in [0.05, 0.1) is 12.5 Å². The van der Waals surface area contributed by atoms with Gasteiger partial charge in [-0.3, -0.25) is 4.79 Å². The van der Waals surface area contributed by atoms with Crippen LogP contribution in [0, 0.1) is 6.92 Å². The molecule has 1 aromatic rings. The number of rotatable bonds is 4. The van der Waals surface area contributed by atoms with E-state index >= 15 is 0 Å². The highest BCUT2D eigenvalue weighted by Gasteiger charge is 2.48. The Bertz CT molecular complexity index is 581. The summed E-state index contributed by atoms with van der Waals surface area (Å²) in [5, 5.41) is 3.33. The number of carbonyl (C=O) groups excluding carboxylic acids is 1. The highest BCUT2D eigenvalue weighted by molar-refractivity contribution is 5.89. The van der Waals surface area contributed by atoms with Gasteiger partial charge in [0.2, 0.25) is 5.91 Å². The molecule has 3 rings (SSSR count). The maximum atomic E-state index is 13.3. The average Bonchev–Trinajstić information content (AvgIpc) is 2.55. The predicted octanol–water partition coefficient (Wildman–Crippen LogP) is 2.64. The maximum absolute atomic E-state index is 13.3. The summed E-state index contributed by atoms with van der Waals surface area (Å²) in [5.41, 5.74) is 1.92. The number of aryl methyl sites for hydroxylation is 1. The van der Waals surface area contributed by atoms with Gasteiger partial charge in [0.15, 0.2) is 0 Å². The zero-order valence-corrected chi connectivity index (χ0v) is 14.5. The van der Waals surface area contributed by atoms with Gasteiger partial charge in [-0.1, -0.05) is 18.6 Å². The molecule has 1 unspecified atom stereocenters. The number of nitrogens with one attached hydrogen (secondary N) is 1. The van der Waals surface area contributed by atoms with Crippen LogP contribution in [-0.4, -0.2) is 44.1 Å². The van der Waals surface area contributed by atoms with Gasteiger partial charge in [0, 0.05) is 19.1 Å². The zero-order valence-electron chi connectivity index (χ0n) is 14.5. The van der Waals surface area contributed by atoms with Gasteiger partial charge in [0.25, 0.3) is 0 Å². The summed E-state index contributed by atoms with van der Waals surface area (Å²) in [6, 6.07) is 6.70. The van der Waals surface area contributed by atoms with Crippen LogP contribution in [-0.2, 0) is 10.2 Å². The quantitative estimate of drug-likeness (QED) is 0.928. The summed E-state index contributed by atoms with van der Waals surface area (Å²) in [7, 11) is 3.69. The number of piperidine rings is 1. The van der Waals surface area contributed by atoms with Crippen LogP contribution in [0.3, 0.4) is 0 Å². The van der Waals surface area contributed by atoms with Crippen molar-refractivity contribution in [3.05, 3.63) is 29.3 Å². The molecule has 1 aliphatic carbocycles. The molecular weight excluding hydrogens is 288 g/mol. The monoisotopic (exact) mass is 316 g/mol. The number of amides is 1. The number of likely N-dealkylation sites (N-methyl/N-ethyl adjacent to an activating group) is 1. The van der Waals surface area contributed by atoms with Gasteiger partial charge in [0.1, 0.15) is 5.75 Å². The molecule has 0 bridgehead atoms. The first kappa shape index (κ1) is 16.3. The second-order valence-corrected chi connectivity index (χ2v) is 7.00. The molecule has 1 amide bonds. The minimum atomic E-state index is -0.323. The molecule has 1 heterocycles. The number of ether oxygens (including phenoxy) is 1. The number of hydrogen-bond acceptors (Lipinski definition) is 3. The van der Waals surface area contributed by atoms with Gasteiger partial charge in [-0.05, 0) is 56.8 Å². The zero-order chi connectivity index (χ0) is 16.4. The Morgan fingerprint density at radius 1 is 1.35 bits per heavy atom. The first-order chi connectivity index (χ1) is 11.1. The molecule has 0 aromatic heterocycles. The van der Waals surface area contributed by atoms with E-state index in [1.165, 1.54) is 0 Å². The summed E-state index contributed by atoms with van der Waals surface area (Å²) in [4.78, 5) is 15.4. The second-order valence-electron chi connectivity index (χ2n) is 7.00. The third-order valence-electron chi connectivity index (χ3n) is 5.69. The third kappa shape index (κ3) is 2.85. The fraction of sp³-hybridized carbons (Fsp3) is 0.632. The normalized spacial score (nSPS) is 23.3. The molecule has 1 atom stereocenters. The van der Waals surface area contributed by atoms with E-state index in [1.54, 1.807) is 7.11 Å². The molecule has 1 saturated heterocycles. The standard InChI is InChI=1S/C19H28N2O2/c1-14-7-8-15(12-17(14)23-3)19(9-5-10-19)18(22)21-11-4-6-16(13-21)20-2/h7-8,12,16,20H,4-6,9-11,13H2,1-3H3. The Labute approximate surface area is 139 Å². The van der Waals surface area contributed by atoms with Gasteiger partial charge < -0.3 is 15.0 Å². The Morgan fingerprint density at radius 2 is 2.13 bits per heavy atom.